The highest BCUT2D eigenvalue weighted by Gasteiger charge is 2.32. The molecule has 1 amide bonds. The van der Waals surface area contributed by atoms with Gasteiger partial charge in [-0.05, 0) is 44.0 Å². The normalized spacial score (nSPS) is 12.4. The molecular formula is C18H22N4O2. The van der Waals surface area contributed by atoms with Gasteiger partial charge in [0.25, 0.3) is 5.91 Å². The number of aliphatic hydroxyl groups is 1. The van der Waals surface area contributed by atoms with Crippen LogP contribution in [0.1, 0.15) is 30.1 Å². The summed E-state index contributed by atoms with van der Waals surface area (Å²) < 4.78 is 1.75. The van der Waals surface area contributed by atoms with Gasteiger partial charge in [-0.1, -0.05) is 12.2 Å². The van der Waals surface area contributed by atoms with Gasteiger partial charge in [0.05, 0.1) is 11.6 Å². The van der Waals surface area contributed by atoms with Crippen molar-refractivity contribution in [2.24, 2.45) is 0 Å². The third-order valence-corrected chi connectivity index (χ3v) is 4.00. The quantitative estimate of drug-likeness (QED) is 0.729. The predicted molar refractivity (Wildman–Crippen MR) is 92.9 cm³/mol. The number of carbonyl (C=O) groups is 1. The largest absolute Gasteiger partial charge is 0.387 e. The van der Waals surface area contributed by atoms with Gasteiger partial charge in [-0.15, -0.1) is 23.4 Å². The first-order valence-corrected chi connectivity index (χ1v) is 7.70. The highest BCUT2D eigenvalue weighted by atomic mass is 16.3. The summed E-state index contributed by atoms with van der Waals surface area (Å²) in [5, 5.41) is 21.0. The Labute approximate surface area is 141 Å². The first kappa shape index (κ1) is 17.6. The van der Waals surface area contributed by atoms with E-state index < -0.39 is 11.6 Å². The number of hydrogen-bond acceptors (Lipinski definition) is 4. The van der Waals surface area contributed by atoms with Crippen LogP contribution in [0.4, 0.5) is 0 Å². The van der Waals surface area contributed by atoms with Crippen LogP contribution in [0.2, 0.25) is 0 Å². The van der Waals surface area contributed by atoms with E-state index in [4.69, 9.17) is 0 Å². The summed E-state index contributed by atoms with van der Waals surface area (Å²) in [5.41, 5.74) is 0.277. The number of carbonyl (C=O) groups excluding carboxylic acids is 1. The summed E-state index contributed by atoms with van der Waals surface area (Å²) in [6.07, 6.45) is 7.18. The SMILES string of the molecule is C=CCC(O)(CC=C)[C@H](C)NC(=O)c1ccc(-n2cnnc2)cc1. The molecule has 0 saturated heterocycles. The molecule has 24 heavy (non-hydrogen) atoms. The molecule has 0 spiro atoms. The van der Waals surface area contributed by atoms with Gasteiger partial charge in [0, 0.05) is 11.3 Å². The van der Waals surface area contributed by atoms with Crippen molar-refractivity contribution in [2.75, 3.05) is 0 Å². The van der Waals surface area contributed by atoms with Gasteiger partial charge in [0.2, 0.25) is 0 Å². The van der Waals surface area contributed by atoms with Crippen molar-refractivity contribution in [1.82, 2.24) is 20.1 Å². The summed E-state index contributed by atoms with van der Waals surface area (Å²) in [5.74, 6) is -0.246. The third-order valence-electron chi connectivity index (χ3n) is 4.00. The zero-order valence-corrected chi connectivity index (χ0v) is 13.7. The molecule has 2 rings (SSSR count). The molecule has 2 N–H and O–H groups in total. The standard InChI is InChI=1S/C18H22N4O2/c1-4-10-18(24,11-5-2)14(3)21-17(23)15-6-8-16(9-7-15)22-12-19-20-13-22/h4-9,12-14,24H,1-2,10-11H2,3H3,(H,21,23)/t14-/m0/s1. The summed E-state index contributed by atoms with van der Waals surface area (Å²) in [6.45, 7) is 9.10. The van der Waals surface area contributed by atoms with Gasteiger partial charge < -0.3 is 10.4 Å². The lowest BCUT2D eigenvalue weighted by Gasteiger charge is -2.33. The molecule has 1 atom stereocenters. The number of hydrogen-bond donors (Lipinski definition) is 2. The topological polar surface area (TPSA) is 80.0 Å². The fourth-order valence-electron chi connectivity index (χ4n) is 2.47. The molecular weight excluding hydrogens is 304 g/mol. The Hall–Kier alpha value is -2.73. The Morgan fingerprint density at radius 3 is 2.29 bits per heavy atom. The number of rotatable bonds is 8. The summed E-state index contributed by atoms with van der Waals surface area (Å²) in [4.78, 5) is 12.4. The summed E-state index contributed by atoms with van der Waals surface area (Å²) >= 11 is 0. The zero-order chi connectivity index (χ0) is 17.6. The Balaban J connectivity index is 2.08. The van der Waals surface area contributed by atoms with Crippen LogP contribution >= 0.6 is 0 Å². The van der Waals surface area contributed by atoms with Crippen LogP contribution in [0.5, 0.6) is 0 Å². The van der Waals surface area contributed by atoms with Gasteiger partial charge in [-0.25, -0.2) is 0 Å². The molecule has 0 saturated carbocycles. The van der Waals surface area contributed by atoms with Crippen LogP contribution in [0.15, 0.2) is 62.2 Å². The van der Waals surface area contributed by atoms with E-state index in [2.05, 4.69) is 28.7 Å². The van der Waals surface area contributed by atoms with E-state index in [9.17, 15) is 9.90 Å². The molecule has 0 aliphatic heterocycles. The van der Waals surface area contributed by atoms with Gasteiger partial charge in [-0.3, -0.25) is 9.36 Å². The monoisotopic (exact) mass is 326 g/mol. The van der Waals surface area contributed by atoms with Crippen molar-refractivity contribution >= 4 is 5.91 Å². The molecule has 1 aromatic heterocycles. The average molecular weight is 326 g/mol. The van der Waals surface area contributed by atoms with Gasteiger partial charge in [-0.2, -0.15) is 0 Å². The Morgan fingerprint density at radius 1 is 1.25 bits per heavy atom. The minimum absolute atomic E-state index is 0.246. The molecule has 0 unspecified atom stereocenters. The van der Waals surface area contributed by atoms with E-state index in [1.807, 2.05) is 12.1 Å². The molecule has 0 aliphatic carbocycles. The third kappa shape index (κ3) is 3.97. The van der Waals surface area contributed by atoms with E-state index >= 15 is 0 Å². The highest BCUT2D eigenvalue weighted by molar-refractivity contribution is 5.94. The second-order valence-corrected chi connectivity index (χ2v) is 5.70. The fraction of sp³-hybridized carbons (Fsp3) is 0.278. The van der Waals surface area contributed by atoms with Crippen LogP contribution < -0.4 is 5.32 Å². The number of benzene rings is 1. The van der Waals surface area contributed by atoms with E-state index in [-0.39, 0.29) is 5.91 Å². The van der Waals surface area contributed by atoms with Gasteiger partial charge in [0.15, 0.2) is 0 Å². The van der Waals surface area contributed by atoms with Crippen LogP contribution in [0.3, 0.4) is 0 Å². The van der Waals surface area contributed by atoms with E-state index in [1.54, 1.807) is 48.4 Å². The molecule has 6 heteroatoms. The molecule has 1 aromatic carbocycles. The zero-order valence-electron chi connectivity index (χ0n) is 13.7. The minimum Gasteiger partial charge on any atom is -0.387 e. The molecule has 0 bridgehead atoms. The maximum absolute atomic E-state index is 12.4. The summed E-state index contributed by atoms with van der Waals surface area (Å²) in [6, 6.07) is 6.61. The van der Waals surface area contributed by atoms with Crippen molar-refractivity contribution < 1.29 is 9.90 Å². The molecule has 6 nitrogen and oxygen atoms in total. The summed E-state index contributed by atoms with van der Waals surface area (Å²) in [7, 11) is 0. The van der Waals surface area contributed by atoms with E-state index in [0.29, 0.717) is 18.4 Å². The number of aromatic nitrogens is 3. The van der Waals surface area contributed by atoms with Crippen molar-refractivity contribution in [2.45, 2.75) is 31.4 Å². The number of nitrogens with zero attached hydrogens (tertiary/aromatic N) is 3. The van der Waals surface area contributed by atoms with E-state index in [0.717, 1.165) is 5.69 Å². The number of nitrogens with one attached hydrogen (secondary N) is 1. The van der Waals surface area contributed by atoms with Crippen molar-refractivity contribution in [3.05, 3.63) is 67.8 Å². The lowest BCUT2D eigenvalue weighted by molar-refractivity contribution is 0.0127. The van der Waals surface area contributed by atoms with Crippen molar-refractivity contribution in [3.8, 4) is 5.69 Å². The Kier molecular flexibility index (Phi) is 5.65. The Bertz CT molecular complexity index is 682. The van der Waals surface area contributed by atoms with Gasteiger partial charge in [0.1, 0.15) is 12.7 Å². The van der Waals surface area contributed by atoms with Gasteiger partial charge >= 0.3 is 0 Å². The second kappa shape index (κ2) is 7.70. The first-order valence-electron chi connectivity index (χ1n) is 7.70. The Morgan fingerprint density at radius 2 is 1.79 bits per heavy atom. The fourth-order valence-corrected chi connectivity index (χ4v) is 2.47. The lowest BCUT2D eigenvalue weighted by atomic mass is 9.88. The van der Waals surface area contributed by atoms with Crippen LogP contribution in [0, 0.1) is 0 Å². The minimum atomic E-state index is -1.10. The average Bonchev–Trinajstić information content (AvgIpc) is 3.10. The smallest absolute Gasteiger partial charge is 0.251 e. The molecule has 126 valence electrons. The van der Waals surface area contributed by atoms with Crippen LogP contribution in [0.25, 0.3) is 5.69 Å². The van der Waals surface area contributed by atoms with E-state index in [1.165, 1.54) is 0 Å². The van der Waals surface area contributed by atoms with Crippen LogP contribution in [-0.4, -0.2) is 37.4 Å². The predicted octanol–water partition coefficient (Wildman–Crippen LogP) is 2.27. The molecule has 0 aliphatic rings. The molecule has 0 radical (unpaired) electrons. The molecule has 0 fully saturated rings. The lowest BCUT2D eigenvalue weighted by Crippen LogP contribution is -2.50. The maximum Gasteiger partial charge on any atom is 0.251 e. The highest BCUT2D eigenvalue weighted by Crippen LogP contribution is 2.21. The second-order valence-electron chi connectivity index (χ2n) is 5.70. The molecule has 1 heterocycles. The molecule has 2 aromatic rings. The number of amides is 1. The van der Waals surface area contributed by atoms with Crippen molar-refractivity contribution in [3.63, 3.8) is 0 Å². The van der Waals surface area contributed by atoms with Crippen molar-refractivity contribution in [1.29, 1.82) is 0 Å². The maximum atomic E-state index is 12.4. The van der Waals surface area contributed by atoms with Crippen LogP contribution in [-0.2, 0) is 0 Å². The first-order chi connectivity index (χ1) is 11.5.